The molecule has 0 spiro atoms. The van der Waals surface area contributed by atoms with Crippen LogP contribution in [0.25, 0.3) is 10.6 Å². The Balaban J connectivity index is 1.57. The van der Waals surface area contributed by atoms with Gasteiger partial charge in [-0.05, 0) is 32.1 Å². The largest absolute Gasteiger partial charge is 0.481 e. The van der Waals surface area contributed by atoms with Crippen LogP contribution in [0.3, 0.4) is 0 Å². The van der Waals surface area contributed by atoms with Crippen molar-refractivity contribution >= 4 is 23.2 Å². The van der Waals surface area contributed by atoms with Crippen LogP contribution < -0.4 is 0 Å². The van der Waals surface area contributed by atoms with Crippen molar-refractivity contribution in [1.29, 1.82) is 0 Å². The molecule has 6 heteroatoms. The van der Waals surface area contributed by atoms with Gasteiger partial charge in [-0.2, -0.15) is 0 Å². The van der Waals surface area contributed by atoms with Gasteiger partial charge < -0.3 is 10.0 Å². The number of nitrogens with zero attached hydrogens (tertiary/aromatic N) is 2. The second-order valence-electron chi connectivity index (χ2n) is 6.97. The van der Waals surface area contributed by atoms with Crippen LogP contribution in [0.5, 0.6) is 0 Å². The second-order valence-corrected chi connectivity index (χ2v) is 7.83. The van der Waals surface area contributed by atoms with E-state index in [-0.39, 0.29) is 12.3 Å². The summed E-state index contributed by atoms with van der Waals surface area (Å²) in [6.07, 6.45) is 3.09. The number of carbonyl (C=O) groups excluding carboxylic acids is 1. The number of aliphatic carboxylic acids is 1. The molecule has 0 saturated carbocycles. The Bertz CT molecular complexity index is 770. The van der Waals surface area contributed by atoms with Gasteiger partial charge >= 0.3 is 5.97 Å². The molecule has 1 amide bonds. The van der Waals surface area contributed by atoms with Gasteiger partial charge in [0.1, 0.15) is 5.01 Å². The van der Waals surface area contributed by atoms with Gasteiger partial charge in [-0.25, -0.2) is 4.98 Å². The highest BCUT2D eigenvalue weighted by Crippen LogP contribution is 2.25. The smallest absolute Gasteiger partial charge is 0.303 e. The lowest BCUT2D eigenvalue weighted by Crippen LogP contribution is -2.40. The number of carboxylic acid groups (broad SMARTS) is 1. The molecule has 1 aromatic heterocycles. The Morgan fingerprint density at radius 2 is 2.08 bits per heavy atom. The first-order valence-electron chi connectivity index (χ1n) is 9.02. The number of likely N-dealkylation sites (tertiary alicyclic amines) is 1. The zero-order chi connectivity index (χ0) is 18.5. The average molecular weight is 372 g/mol. The fourth-order valence-corrected chi connectivity index (χ4v) is 4.16. The number of aromatic nitrogens is 1. The molecule has 0 aliphatic carbocycles. The Hall–Kier alpha value is -2.21. The summed E-state index contributed by atoms with van der Waals surface area (Å²) < 4.78 is 0. The Kier molecular flexibility index (Phi) is 6.04. The molecule has 1 unspecified atom stereocenters. The fourth-order valence-electron chi connectivity index (χ4n) is 3.34. The number of hydrogen-bond acceptors (Lipinski definition) is 4. The molecule has 5 nitrogen and oxygen atoms in total. The first-order valence-corrected chi connectivity index (χ1v) is 9.90. The van der Waals surface area contributed by atoms with Gasteiger partial charge in [0, 0.05) is 30.5 Å². The molecule has 1 aliphatic heterocycles. The van der Waals surface area contributed by atoms with Gasteiger partial charge in [0.15, 0.2) is 0 Å². The van der Waals surface area contributed by atoms with E-state index in [4.69, 9.17) is 5.11 Å². The molecule has 2 heterocycles. The average Bonchev–Trinajstić information content (AvgIpc) is 3.09. The Morgan fingerprint density at radius 3 is 2.81 bits per heavy atom. The molecule has 26 heavy (non-hydrogen) atoms. The van der Waals surface area contributed by atoms with Crippen molar-refractivity contribution in [2.75, 3.05) is 13.1 Å². The molecular weight excluding hydrogens is 348 g/mol. The van der Waals surface area contributed by atoms with Crippen LogP contribution in [0, 0.1) is 12.8 Å². The number of thiazole rings is 1. The number of carboxylic acids is 1. The number of hydrogen-bond donors (Lipinski definition) is 1. The van der Waals surface area contributed by atoms with Crippen LogP contribution in [0.2, 0.25) is 0 Å². The molecular formula is C20H24N2O3S. The molecule has 1 aromatic carbocycles. The summed E-state index contributed by atoms with van der Waals surface area (Å²) in [5.41, 5.74) is 3.09. The van der Waals surface area contributed by atoms with Crippen LogP contribution in [0.15, 0.2) is 29.6 Å². The summed E-state index contributed by atoms with van der Waals surface area (Å²) in [6, 6.07) is 8.23. The minimum atomic E-state index is -0.764. The van der Waals surface area contributed by atoms with E-state index in [9.17, 15) is 9.59 Å². The number of carbonyl (C=O) groups is 2. The van der Waals surface area contributed by atoms with Crippen molar-refractivity contribution in [2.24, 2.45) is 5.92 Å². The van der Waals surface area contributed by atoms with Gasteiger partial charge in [0.05, 0.1) is 12.1 Å². The number of benzene rings is 1. The maximum Gasteiger partial charge on any atom is 0.303 e. The van der Waals surface area contributed by atoms with E-state index in [0.717, 1.165) is 35.7 Å². The summed E-state index contributed by atoms with van der Waals surface area (Å²) in [5.74, 6) is -0.382. The minimum absolute atomic E-state index is 0.0887. The number of piperidine rings is 1. The normalized spacial score (nSPS) is 17.3. The lowest BCUT2D eigenvalue weighted by molar-refractivity contribution is -0.137. The van der Waals surface area contributed by atoms with Crippen LogP contribution in [-0.2, 0) is 16.0 Å². The third kappa shape index (κ3) is 4.91. The maximum absolute atomic E-state index is 12.6. The predicted octanol–water partition coefficient (Wildman–Crippen LogP) is 3.76. The van der Waals surface area contributed by atoms with Crippen molar-refractivity contribution in [3.8, 4) is 10.6 Å². The summed E-state index contributed by atoms with van der Waals surface area (Å²) in [6.45, 7) is 3.48. The van der Waals surface area contributed by atoms with Gasteiger partial charge in [-0.1, -0.05) is 29.8 Å². The molecule has 0 radical (unpaired) electrons. The highest BCUT2D eigenvalue weighted by Gasteiger charge is 2.24. The molecule has 1 atom stereocenters. The quantitative estimate of drug-likeness (QED) is 0.838. The van der Waals surface area contributed by atoms with E-state index in [1.54, 1.807) is 11.3 Å². The topological polar surface area (TPSA) is 70.5 Å². The summed E-state index contributed by atoms with van der Waals surface area (Å²) >= 11 is 1.56. The van der Waals surface area contributed by atoms with Crippen LogP contribution in [0.1, 0.15) is 36.9 Å². The minimum Gasteiger partial charge on any atom is -0.481 e. The van der Waals surface area contributed by atoms with Crippen LogP contribution in [-0.4, -0.2) is 40.0 Å². The second kappa shape index (κ2) is 8.45. The first-order chi connectivity index (χ1) is 12.5. The van der Waals surface area contributed by atoms with E-state index >= 15 is 0 Å². The van der Waals surface area contributed by atoms with Crippen molar-refractivity contribution in [2.45, 2.75) is 39.0 Å². The van der Waals surface area contributed by atoms with E-state index in [2.05, 4.69) is 36.2 Å². The highest BCUT2D eigenvalue weighted by molar-refractivity contribution is 7.13. The van der Waals surface area contributed by atoms with Crippen LogP contribution >= 0.6 is 11.3 Å². The third-order valence-corrected chi connectivity index (χ3v) is 5.76. The third-order valence-electron chi connectivity index (χ3n) is 4.82. The SMILES string of the molecule is Cc1ccc(-c2nc(CC(=O)N3CCCC(CCC(=O)O)C3)cs2)cc1. The zero-order valence-electron chi connectivity index (χ0n) is 15.0. The van der Waals surface area contributed by atoms with E-state index in [1.165, 1.54) is 5.56 Å². The summed E-state index contributed by atoms with van der Waals surface area (Å²) in [7, 11) is 0. The summed E-state index contributed by atoms with van der Waals surface area (Å²) in [5, 5.41) is 11.7. The molecule has 1 saturated heterocycles. The number of rotatable bonds is 6. The fraction of sp³-hybridized carbons (Fsp3) is 0.450. The predicted molar refractivity (Wildman–Crippen MR) is 102 cm³/mol. The zero-order valence-corrected chi connectivity index (χ0v) is 15.8. The monoisotopic (exact) mass is 372 g/mol. The molecule has 1 aliphatic rings. The highest BCUT2D eigenvalue weighted by atomic mass is 32.1. The molecule has 3 rings (SSSR count). The Morgan fingerprint density at radius 1 is 1.31 bits per heavy atom. The maximum atomic E-state index is 12.6. The summed E-state index contributed by atoms with van der Waals surface area (Å²) in [4.78, 5) is 29.9. The van der Waals surface area contributed by atoms with Crippen molar-refractivity contribution < 1.29 is 14.7 Å². The van der Waals surface area contributed by atoms with Gasteiger partial charge in [-0.15, -0.1) is 11.3 Å². The van der Waals surface area contributed by atoms with Gasteiger partial charge in [0.2, 0.25) is 5.91 Å². The van der Waals surface area contributed by atoms with Crippen molar-refractivity contribution in [3.05, 3.63) is 40.9 Å². The first kappa shape index (κ1) is 18.6. The van der Waals surface area contributed by atoms with E-state index in [1.807, 2.05) is 10.3 Å². The standard InChI is InChI=1S/C20H24N2O3S/c1-14-4-7-16(8-5-14)20-21-17(13-26-20)11-18(23)22-10-2-3-15(12-22)6-9-19(24)25/h4-5,7-8,13,15H,2-3,6,9-12H2,1H3,(H,24,25). The lowest BCUT2D eigenvalue weighted by atomic mass is 9.93. The van der Waals surface area contributed by atoms with Crippen molar-refractivity contribution in [1.82, 2.24) is 9.88 Å². The van der Waals surface area contributed by atoms with Crippen molar-refractivity contribution in [3.63, 3.8) is 0 Å². The number of aryl methyl sites for hydroxylation is 1. The molecule has 0 bridgehead atoms. The molecule has 1 fully saturated rings. The Labute approximate surface area is 157 Å². The molecule has 1 N–H and O–H groups in total. The van der Waals surface area contributed by atoms with Gasteiger partial charge in [0.25, 0.3) is 0 Å². The molecule has 138 valence electrons. The van der Waals surface area contributed by atoms with E-state index < -0.39 is 5.97 Å². The van der Waals surface area contributed by atoms with E-state index in [0.29, 0.717) is 25.3 Å². The molecule has 2 aromatic rings. The number of amides is 1. The lowest BCUT2D eigenvalue weighted by Gasteiger charge is -2.32. The van der Waals surface area contributed by atoms with Gasteiger partial charge in [-0.3, -0.25) is 9.59 Å². The van der Waals surface area contributed by atoms with Crippen LogP contribution in [0.4, 0.5) is 0 Å².